The molecule has 0 fully saturated rings. The zero-order valence-electron chi connectivity index (χ0n) is 11.9. The van der Waals surface area contributed by atoms with E-state index in [1.807, 2.05) is 0 Å². The number of rotatable bonds is 6. The Balaban J connectivity index is 2.63. The first-order chi connectivity index (χ1) is 9.01. The van der Waals surface area contributed by atoms with Crippen LogP contribution in [-0.4, -0.2) is 23.6 Å². The Kier molecular flexibility index (Phi) is 5.83. The highest BCUT2D eigenvalue weighted by molar-refractivity contribution is 5.97. The third-order valence-corrected chi connectivity index (χ3v) is 3.63. The number of phenols is 1. The van der Waals surface area contributed by atoms with Gasteiger partial charge in [0.2, 0.25) is 0 Å². The number of carbonyl (C=O) groups excluding carboxylic acids is 1. The van der Waals surface area contributed by atoms with Gasteiger partial charge in [-0.1, -0.05) is 38.8 Å². The Bertz CT molecular complexity index is 428. The molecule has 0 spiro atoms. The predicted molar refractivity (Wildman–Crippen MR) is 77.2 cm³/mol. The molecule has 0 heterocycles. The van der Waals surface area contributed by atoms with Gasteiger partial charge in [-0.3, -0.25) is 4.79 Å². The topological polar surface area (TPSA) is 75.3 Å². The van der Waals surface area contributed by atoms with Crippen LogP contribution in [0.5, 0.6) is 5.75 Å². The molecule has 0 saturated carbocycles. The molecular formula is C15H24N2O2. The Morgan fingerprint density at radius 3 is 2.58 bits per heavy atom. The van der Waals surface area contributed by atoms with Gasteiger partial charge >= 0.3 is 0 Å². The average molecular weight is 264 g/mol. The summed E-state index contributed by atoms with van der Waals surface area (Å²) >= 11 is 0. The average Bonchev–Trinajstić information content (AvgIpc) is 2.40. The van der Waals surface area contributed by atoms with E-state index in [0.717, 1.165) is 12.8 Å². The van der Waals surface area contributed by atoms with Gasteiger partial charge in [0.25, 0.3) is 5.91 Å². The van der Waals surface area contributed by atoms with Crippen LogP contribution in [0.15, 0.2) is 18.2 Å². The number of carbonyl (C=O) groups is 1. The molecule has 0 aliphatic carbocycles. The zero-order chi connectivity index (χ0) is 14.4. The maximum atomic E-state index is 12.0. The van der Waals surface area contributed by atoms with Crippen LogP contribution in [0.2, 0.25) is 0 Å². The standard InChI is InChI=1S/C15H24N2O2/c1-4-11(5-2)13(16)9-17-15(19)12-8-6-7-10(3)14(12)18/h6-8,11,13,18H,4-5,9,16H2,1-3H3,(H,17,19). The minimum atomic E-state index is -0.275. The van der Waals surface area contributed by atoms with Gasteiger partial charge < -0.3 is 16.2 Å². The fourth-order valence-corrected chi connectivity index (χ4v) is 2.21. The lowest BCUT2D eigenvalue weighted by molar-refractivity contribution is 0.0945. The van der Waals surface area contributed by atoms with Crippen LogP contribution in [0.25, 0.3) is 0 Å². The summed E-state index contributed by atoms with van der Waals surface area (Å²) in [6, 6.07) is 5.08. The highest BCUT2D eigenvalue weighted by Crippen LogP contribution is 2.21. The number of hydrogen-bond acceptors (Lipinski definition) is 3. The van der Waals surface area contributed by atoms with Gasteiger partial charge in [-0.25, -0.2) is 0 Å². The third kappa shape index (κ3) is 3.96. The number of phenolic OH excluding ortho intramolecular Hbond substituents is 1. The first-order valence-corrected chi connectivity index (χ1v) is 6.83. The molecule has 1 unspecified atom stereocenters. The Morgan fingerprint density at radius 1 is 1.37 bits per heavy atom. The predicted octanol–water partition coefficient (Wildman–Crippen LogP) is 2.19. The molecule has 1 rings (SSSR count). The summed E-state index contributed by atoms with van der Waals surface area (Å²) in [6.45, 7) is 6.39. The lowest BCUT2D eigenvalue weighted by Gasteiger charge is -2.21. The number of amides is 1. The Morgan fingerprint density at radius 2 is 2.00 bits per heavy atom. The largest absolute Gasteiger partial charge is 0.507 e. The second-order valence-electron chi connectivity index (χ2n) is 4.92. The summed E-state index contributed by atoms with van der Waals surface area (Å²) < 4.78 is 0. The zero-order valence-corrected chi connectivity index (χ0v) is 11.9. The number of hydrogen-bond donors (Lipinski definition) is 3. The van der Waals surface area contributed by atoms with Gasteiger partial charge in [0.15, 0.2) is 0 Å². The van der Waals surface area contributed by atoms with Crippen molar-refractivity contribution in [3.8, 4) is 5.75 Å². The second kappa shape index (κ2) is 7.14. The molecule has 0 aromatic heterocycles. The van der Waals surface area contributed by atoms with Crippen molar-refractivity contribution in [1.29, 1.82) is 0 Å². The van der Waals surface area contributed by atoms with Crippen LogP contribution in [-0.2, 0) is 0 Å². The number of benzene rings is 1. The van der Waals surface area contributed by atoms with Crippen LogP contribution in [0.1, 0.15) is 42.6 Å². The first kappa shape index (κ1) is 15.5. The van der Waals surface area contributed by atoms with Crippen LogP contribution >= 0.6 is 0 Å². The summed E-state index contributed by atoms with van der Waals surface area (Å²) in [5.41, 5.74) is 7.05. The first-order valence-electron chi connectivity index (χ1n) is 6.83. The molecule has 1 aromatic rings. The van der Waals surface area contributed by atoms with Crippen molar-refractivity contribution in [2.75, 3.05) is 6.54 Å². The van der Waals surface area contributed by atoms with E-state index in [-0.39, 0.29) is 17.7 Å². The molecule has 19 heavy (non-hydrogen) atoms. The molecule has 1 atom stereocenters. The van der Waals surface area contributed by atoms with E-state index < -0.39 is 0 Å². The van der Waals surface area contributed by atoms with Gasteiger partial charge in [-0.2, -0.15) is 0 Å². The van der Waals surface area contributed by atoms with Crippen LogP contribution < -0.4 is 11.1 Å². The molecule has 1 aromatic carbocycles. The number of para-hydroxylation sites is 1. The lowest BCUT2D eigenvalue weighted by Crippen LogP contribution is -2.41. The smallest absolute Gasteiger partial charge is 0.255 e. The van der Waals surface area contributed by atoms with Crippen molar-refractivity contribution < 1.29 is 9.90 Å². The van der Waals surface area contributed by atoms with Crippen molar-refractivity contribution in [2.45, 2.75) is 39.7 Å². The minimum absolute atomic E-state index is 0.0381. The molecule has 4 nitrogen and oxygen atoms in total. The third-order valence-electron chi connectivity index (χ3n) is 3.63. The number of nitrogens with one attached hydrogen (secondary N) is 1. The van der Waals surface area contributed by atoms with Crippen molar-refractivity contribution >= 4 is 5.91 Å². The molecule has 0 aliphatic rings. The SMILES string of the molecule is CCC(CC)C(N)CNC(=O)c1cccc(C)c1O. The number of nitrogens with two attached hydrogens (primary N) is 1. The molecule has 0 saturated heterocycles. The van der Waals surface area contributed by atoms with Gasteiger partial charge in [-0.05, 0) is 24.5 Å². The summed E-state index contributed by atoms with van der Waals surface area (Å²) in [5, 5.41) is 12.6. The molecule has 0 aliphatic heterocycles. The van der Waals surface area contributed by atoms with E-state index in [2.05, 4.69) is 19.2 Å². The van der Waals surface area contributed by atoms with E-state index in [4.69, 9.17) is 5.73 Å². The lowest BCUT2D eigenvalue weighted by atomic mass is 9.95. The fraction of sp³-hybridized carbons (Fsp3) is 0.533. The second-order valence-corrected chi connectivity index (χ2v) is 4.92. The van der Waals surface area contributed by atoms with E-state index >= 15 is 0 Å². The normalized spacial score (nSPS) is 12.5. The summed E-state index contributed by atoms with van der Waals surface area (Å²) in [5.74, 6) is 0.171. The number of aryl methyl sites for hydroxylation is 1. The van der Waals surface area contributed by atoms with Crippen molar-refractivity contribution in [1.82, 2.24) is 5.32 Å². The van der Waals surface area contributed by atoms with E-state index in [1.54, 1.807) is 25.1 Å². The Labute approximate surface area is 115 Å². The van der Waals surface area contributed by atoms with Gasteiger partial charge in [0, 0.05) is 12.6 Å². The van der Waals surface area contributed by atoms with Crippen LogP contribution in [0, 0.1) is 12.8 Å². The summed E-state index contributed by atoms with van der Waals surface area (Å²) in [4.78, 5) is 12.0. The van der Waals surface area contributed by atoms with Crippen molar-refractivity contribution in [3.63, 3.8) is 0 Å². The van der Waals surface area contributed by atoms with Gasteiger partial charge in [0.05, 0.1) is 5.56 Å². The summed E-state index contributed by atoms with van der Waals surface area (Å²) in [7, 11) is 0. The maximum Gasteiger partial charge on any atom is 0.255 e. The summed E-state index contributed by atoms with van der Waals surface area (Å²) in [6.07, 6.45) is 2.01. The van der Waals surface area contributed by atoms with E-state index in [1.165, 1.54) is 0 Å². The maximum absolute atomic E-state index is 12.0. The highest BCUT2D eigenvalue weighted by atomic mass is 16.3. The number of aromatic hydroxyl groups is 1. The molecule has 0 bridgehead atoms. The van der Waals surface area contributed by atoms with Gasteiger partial charge in [0.1, 0.15) is 5.75 Å². The van der Waals surface area contributed by atoms with E-state index in [9.17, 15) is 9.90 Å². The van der Waals surface area contributed by atoms with E-state index in [0.29, 0.717) is 23.6 Å². The molecule has 1 amide bonds. The van der Waals surface area contributed by atoms with Gasteiger partial charge in [-0.15, -0.1) is 0 Å². The van der Waals surface area contributed by atoms with Crippen molar-refractivity contribution in [2.24, 2.45) is 11.7 Å². The molecular weight excluding hydrogens is 240 g/mol. The Hall–Kier alpha value is -1.55. The monoisotopic (exact) mass is 264 g/mol. The molecule has 4 N–H and O–H groups in total. The highest BCUT2D eigenvalue weighted by Gasteiger charge is 2.17. The molecule has 106 valence electrons. The quantitative estimate of drug-likeness (QED) is 0.737. The molecule has 0 radical (unpaired) electrons. The molecule has 4 heteroatoms. The van der Waals surface area contributed by atoms with Crippen molar-refractivity contribution in [3.05, 3.63) is 29.3 Å². The minimum Gasteiger partial charge on any atom is -0.507 e. The van der Waals surface area contributed by atoms with Crippen LogP contribution in [0.3, 0.4) is 0 Å². The fourth-order valence-electron chi connectivity index (χ4n) is 2.21. The van der Waals surface area contributed by atoms with Crippen LogP contribution in [0.4, 0.5) is 0 Å².